The van der Waals surface area contributed by atoms with Crippen LogP contribution in [0.2, 0.25) is 0 Å². The Morgan fingerprint density at radius 3 is 2.67 bits per heavy atom. The molecule has 82 valence electrons. The Labute approximate surface area is 94.0 Å². The van der Waals surface area contributed by atoms with Crippen molar-refractivity contribution in [2.45, 2.75) is 12.8 Å². The van der Waals surface area contributed by atoms with Crippen molar-refractivity contribution in [2.75, 3.05) is 5.33 Å². The lowest BCUT2D eigenvalue weighted by Gasteiger charge is -2.07. The molecule has 0 spiro atoms. The molecule has 1 aromatic rings. The number of ketones is 1. The Bertz CT molecular complexity index is 366. The molecule has 0 aliphatic heterocycles. The molecule has 1 aromatic carbocycles. The summed E-state index contributed by atoms with van der Waals surface area (Å²) in [5.74, 6) is -0.588. The Morgan fingerprint density at radius 1 is 1.47 bits per heavy atom. The molecule has 0 aromatic heterocycles. The Balaban J connectivity index is 3.12. The maximum absolute atomic E-state index is 12.5. The average molecular weight is 279 g/mol. The first-order valence-electron chi connectivity index (χ1n) is 4.26. The summed E-state index contributed by atoms with van der Waals surface area (Å²) in [7, 11) is 0. The van der Waals surface area contributed by atoms with Gasteiger partial charge in [-0.1, -0.05) is 15.9 Å². The van der Waals surface area contributed by atoms with Crippen molar-refractivity contribution in [2.24, 2.45) is 0 Å². The lowest BCUT2D eigenvalue weighted by Crippen LogP contribution is -2.04. The highest BCUT2D eigenvalue weighted by atomic mass is 79.9. The monoisotopic (exact) mass is 278 g/mol. The number of hydrogen-bond acceptors (Lipinski definition) is 2. The van der Waals surface area contributed by atoms with Gasteiger partial charge in [0, 0.05) is 22.9 Å². The minimum atomic E-state index is -2.71. The molecule has 0 saturated heterocycles. The quantitative estimate of drug-likeness (QED) is 0.678. The largest absolute Gasteiger partial charge is 0.508 e. The van der Waals surface area contributed by atoms with E-state index < -0.39 is 12.2 Å². The standard InChI is InChI=1S/C10H9BrF2O2/c11-4-3-9(15)8-5-6(14)1-2-7(8)10(12)13/h1-2,5,10,14H,3-4H2. The van der Waals surface area contributed by atoms with E-state index in [2.05, 4.69) is 15.9 Å². The van der Waals surface area contributed by atoms with Crippen molar-refractivity contribution >= 4 is 21.7 Å². The number of carbonyl (C=O) groups is 1. The molecule has 5 heteroatoms. The molecule has 0 fully saturated rings. The van der Waals surface area contributed by atoms with Gasteiger partial charge < -0.3 is 5.11 Å². The SMILES string of the molecule is O=C(CCBr)c1cc(O)ccc1C(F)F. The normalized spacial score (nSPS) is 10.7. The van der Waals surface area contributed by atoms with E-state index in [0.29, 0.717) is 5.33 Å². The van der Waals surface area contributed by atoms with Gasteiger partial charge in [-0.3, -0.25) is 4.79 Å². The molecule has 2 nitrogen and oxygen atoms in total. The van der Waals surface area contributed by atoms with Gasteiger partial charge in [-0.15, -0.1) is 0 Å². The van der Waals surface area contributed by atoms with Gasteiger partial charge in [-0.25, -0.2) is 8.78 Å². The zero-order chi connectivity index (χ0) is 11.4. The zero-order valence-electron chi connectivity index (χ0n) is 7.71. The highest BCUT2D eigenvalue weighted by Gasteiger charge is 2.18. The van der Waals surface area contributed by atoms with E-state index in [-0.39, 0.29) is 23.3 Å². The van der Waals surface area contributed by atoms with Gasteiger partial charge in [0.1, 0.15) is 5.75 Å². The van der Waals surface area contributed by atoms with Gasteiger partial charge in [0.25, 0.3) is 6.43 Å². The summed E-state index contributed by atoms with van der Waals surface area (Å²) in [5, 5.41) is 9.53. The van der Waals surface area contributed by atoms with E-state index in [4.69, 9.17) is 5.11 Å². The maximum atomic E-state index is 12.5. The van der Waals surface area contributed by atoms with Gasteiger partial charge in [-0.05, 0) is 18.2 Å². The fourth-order valence-electron chi connectivity index (χ4n) is 1.20. The molecule has 0 saturated carbocycles. The van der Waals surface area contributed by atoms with Gasteiger partial charge in [0.2, 0.25) is 0 Å². The van der Waals surface area contributed by atoms with Gasteiger partial charge in [0.05, 0.1) is 0 Å². The number of aromatic hydroxyl groups is 1. The van der Waals surface area contributed by atoms with E-state index >= 15 is 0 Å². The van der Waals surface area contributed by atoms with E-state index in [1.807, 2.05) is 0 Å². The number of phenolic OH excluding ortho intramolecular Hbond substituents is 1. The van der Waals surface area contributed by atoms with Crippen molar-refractivity contribution in [3.63, 3.8) is 0 Å². The van der Waals surface area contributed by atoms with Crippen molar-refractivity contribution in [3.8, 4) is 5.75 Å². The highest BCUT2D eigenvalue weighted by Crippen LogP contribution is 2.27. The molecule has 0 amide bonds. The third kappa shape index (κ3) is 2.99. The predicted octanol–water partition coefficient (Wildman–Crippen LogP) is 3.30. The number of phenols is 1. The van der Waals surface area contributed by atoms with E-state index in [1.165, 1.54) is 0 Å². The molecular formula is C10H9BrF2O2. The van der Waals surface area contributed by atoms with Crippen LogP contribution in [-0.4, -0.2) is 16.2 Å². The molecule has 1 N–H and O–H groups in total. The molecule has 0 aliphatic rings. The van der Waals surface area contributed by atoms with Crippen molar-refractivity contribution in [1.29, 1.82) is 0 Å². The maximum Gasteiger partial charge on any atom is 0.264 e. The molecule has 15 heavy (non-hydrogen) atoms. The van der Waals surface area contributed by atoms with Crippen LogP contribution in [-0.2, 0) is 0 Å². The summed E-state index contributed by atoms with van der Waals surface area (Å²) in [4.78, 5) is 11.4. The van der Waals surface area contributed by atoms with E-state index in [1.54, 1.807) is 0 Å². The fourth-order valence-corrected chi connectivity index (χ4v) is 1.56. The average Bonchev–Trinajstić information content (AvgIpc) is 2.17. The number of rotatable bonds is 4. The van der Waals surface area contributed by atoms with Gasteiger partial charge >= 0.3 is 0 Å². The molecule has 0 radical (unpaired) electrons. The number of Topliss-reactive ketones (excluding diaryl/α,β-unsaturated/α-hetero) is 1. The lowest BCUT2D eigenvalue weighted by atomic mass is 10.0. The second-order valence-corrected chi connectivity index (χ2v) is 3.73. The summed E-state index contributed by atoms with van der Waals surface area (Å²) in [6.07, 6.45) is -2.58. The van der Waals surface area contributed by atoms with Crippen LogP contribution < -0.4 is 0 Å². The van der Waals surface area contributed by atoms with Crippen LogP contribution in [0.4, 0.5) is 8.78 Å². The van der Waals surface area contributed by atoms with Gasteiger partial charge in [-0.2, -0.15) is 0 Å². The first-order valence-corrected chi connectivity index (χ1v) is 5.38. The fraction of sp³-hybridized carbons (Fsp3) is 0.300. The first kappa shape index (κ1) is 12.1. The minimum Gasteiger partial charge on any atom is -0.508 e. The topological polar surface area (TPSA) is 37.3 Å². The number of carbonyl (C=O) groups excluding carboxylic acids is 1. The van der Waals surface area contributed by atoms with Crippen LogP contribution >= 0.6 is 15.9 Å². The Kier molecular flexibility index (Phi) is 4.20. The molecule has 0 heterocycles. The smallest absolute Gasteiger partial charge is 0.264 e. The van der Waals surface area contributed by atoms with Crippen molar-refractivity contribution in [3.05, 3.63) is 29.3 Å². The first-order chi connectivity index (χ1) is 7.06. The van der Waals surface area contributed by atoms with Crippen LogP contribution in [0.15, 0.2) is 18.2 Å². The number of benzene rings is 1. The van der Waals surface area contributed by atoms with Crippen molar-refractivity contribution in [1.82, 2.24) is 0 Å². The number of halogens is 3. The van der Waals surface area contributed by atoms with E-state index in [9.17, 15) is 13.6 Å². The molecule has 0 atom stereocenters. The molecule has 0 unspecified atom stereocenters. The number of alkyl halides is 3. The van der Waals surface area contributed by atoms with Crippen LogP contribution in [0.5, 0.6) is 5.75 Å². The molecule has 0 bridgehead atoms. The summed E-state index contributed by atoms with van der Waals surface area (Å²) >= 11 is 3.06. The van der Waals surface area contributed by atoms with Gasteiger partial charge in [0.15, 0.2) is 5.78 Å². The second kappa shape index (κ2) is 5.21. The second-order valence-electron chi connectivity index (χ2n) is 2.93. The summed E-state index contributed by atoms with van der Waals surface area (Å²) in [5.41, 5.74) is -0.441. The van der Waals surface area contributed by atoms with E-state index in [0.717, 1.165) is 18.2 Å². The summed E-state index contributed by atoms with van der Waals surface area (Å²) in [6, 6.07) is 3.29. The molecule has 1 rings (SSSR count). The Hall–Kier alpha value is -0.970. The van der Waals surface area contributed by atoms with Crippen LogP contribution in [0.1, 0.15) is 28.8 Å². The van der Waals surface area contributed by atoms with Crippen LogP contribution in [0, 0.1) is 0 Å². The Morgan fingerprint density at radius 2 is 2.13 bits per heavy atom. The van der Waals surface area contributed by atoms with Crippen LogP contribution in [0.25, 0.3) is 0 Å². The summed E-state index contributed by atoms with van der Waals surface area (Å²) in [6.45, 7) is 0. The summed E-state index contributed by atoms with van der Waals surface area (Å²) < 4.78 is 25.0. The molecule has 0 aliphatic carbocycles. The minimum absolute atomic E-state index is 0.107. The highest BCUT2D eigenvalue weighted by molar-refractivity contribution is 9.09. The third-order valence-corrected chi connectivity index (χ3v) is 2.29. The predicted molar refractivity (Wildman–Crippen MR) is 55.8 cm³/mol. The van der Waals surface area contributed by atoms with Crippen LogP contribution in [0.3, 0.4) is 0 Å². The van der Waals surface area contributed by atoms with Crippen molar-refractivity contribution < 1.29 is 18.7 Å². The molecular weight excluding hydrogens is 270 g/mol. The third-order valence-electron chi connectivity index (χ3n) is 1.89. The lowest BCUT2D eigenvalue weighted by molar-refractivity contribution is 0.0975. The number of hydrogen-bond donors (Lipinski definition) is 1. The zero-order valence-corrected chi connectivity index (χ0v) is 9.30.